The van der Waals surface area contributed by atoms with Crippen LogP contribution in [0.5, 0.6) is 0 Å². The Kier molecular flexibility index (Phi) is 4.71. The van der Waals surface area contributed by atoms with Gasteiger partial charge in [0.2, 0.25) is 0 Å². The molecule has 0 atom stereocenters. The third-order valence-electron chi connectivity index (χ3n) is 0.738. The van der Waals surface area contributed by atoms with Crippen molar-refractivity contribution in [2.75, 3.05) is 7.11 Å². The molecular weight excluding hydrogens is 188 g/mol. The molecular formula is C6H5ClO5. The number of carbonyl (C=O) groups is 3. The van der Waals surface area contributed by atoms with Gasteiger partial charge in [0.15, 0.2) is 0 Å². The third kappa shape index (κ3) is 5.43. The summed E-state index contributed by atoms with van der Waals surface area (Å²) in [6, 6.07) is 0. The first-order chi connectivity index (χ1) is 5.56. The Labute approximate surface area is 72.9 Å². The van der Waals surface area contributed by atoms with Gasteiger partial charge in [0.1, 0.15) is 0 Å². The standard InChI is InChI=1S/C6H5ClO5/c1-11-4(8)2-3-5(9)12-6(7)10/h2-3H,1H3. The number of hydrogen-bond acceptors (Lipinski definition) is 5. The molecule has 0 bridgehead atoms. The smallest absolute Gasteiger partial charge is 0.411 e. The lowest BCUT2D eigenvalue weighted by Gasteiger charge is -1.90. The average molecular weight is 193 g/mol. The molecule has 0 saturated heterocycles. The fourth-order valence-electron chi connectivity index (χ4n) is 0.317. The van der Waals surface area contributed by atoms with Gasteiger partial charge in [-0.2, -0.15) is 0 Å². The van der Waals surface area contributed by atoms with Crippen molar-refractivity contribution in [1.82, 2.24) is 0 Å². The minimum absolute atomic E-state index is 0.728. The van der Waals surface area contributed by atoms with E-state index in [1.54, 1.807) is 0 Å². The van der Waals surface area contributed by atoms with E-state index in [1.807, 2.05) is 0 Å². The predicted molar refractivity (Wildman–Crippen MR) is 38.5 cm³/mol. The molecule has 0 N–H and O–H groups in total. The summed E-state index contributed by atoms with van der Waals surface area (Å²) in [5.41, 5.74) is -1.26. The lowest BCUT2D eigenvalue weighted by atomic mass is 10.5. The minimum Gasteiger partial charge on any atom is -0.466 e. The highest BCUT2D eigenvalue weighted by molar-refractivity contribution is 6.62. The Bertz CT molecular complexity index is 232. The van der Waals surface area contributed by atoms with Crippen LogP contribution in [0.15, 0.2) is 12.2 Å². The first-order valence-corrected chi connectivity index (χ1v) is 3.11. The van der Waals surface area contributed by atoms with Crippen molar-refractivity contribution in [2.24, 2.45) is 0 Å². The molecule has 0 aliphatic carbocycles. The molecule has 12 heavy (non-hydrogen) atoms. The Morgan fingerprint density at radius 2 is 1.67 bits per heavy atom. The monoisotopic (exact) mass is 192 g/mol. The van der Waals surface area contributed by atoms with Crippen LogP contribution >= 0.6 is 11.6 Å². The van der Waals surface area contributed by atoms with Crippen LogP contribution < -0.4 is 0 Å². The Balaban J connectivity index is 3.91. The highest BCUT2D eigenvalue weighted by Crippen LogP contribution is 1.89. The zero-order valence-electron chi connectivity index (χ0n) is 6.07. The summed E-state index contributed by atoms with van der Waals surface area (Å²) in [5, 5.41) is 0. The molecule has 0 spiro atoms. The van der Waals surface area contributed by atoms with Crippen LogP contribution in [-0.2, 0) is 19.1 Å². The summed E-state index contributed by atoms with van der Waals surface area (Å²) < 4.78 is 7.99. The highest BCUT2D eigenvalue weighted by Gasteiger charge is 2.03. The van der Waals surface area contributed by atoms with Gasteiger partial charge in [-0.05, 0) is 0 Å². The van der Waals surface area contributed by atoms with Crippen molar-refractivity contribution in [1.29, 1.82) is 0 Å². The third-order valence-corrected chi connectivity index (χ3v) is 0.815. The molecule has 6 heteroatoms. The van der Waals surface area contributed by atoms with Gasteiger partial charge in [0.25, 0.3) is 0 Å². The molecule has 0 fully saturated rings. The largest absolute Gasteiger partial charge is 0.466 e. The van der Waals surface area contributed by atoms with Crippen LogP contribution in [0, 0.1) is 0 Å². The topological polar surface area (TPSA) is 69.7 Å². The summed E-state index contributed by atoms with van der Waals surface area (Å²) in [5.74, 6) is -1.76. The van der Waals surface area contributed by atoms with E-state index in [9.17, 15) is 14.4 Å². The first-order valence-electron chi connectivity index (χ1n) is 2.73. The molecule has 0 rings (SSSR count). The fraction of sp³-hybridized carbons (Fsp3) is 0.167. The number of rotatable bonds is 2. The van der Waals surface area contributed by atoms with Gasteiger partial charge in [0.05, 0.1) is 7.11 Å². The Morgan fingerprint density at radius 1 is 1.17 bits per heavy atom. The van der Waals surface area contributed by atoms with Gasteiger partial charge in [-0.25, -0.2) is 14.4 Å². The van der Waals surface area contributed by atoms with Crippen LogP contribution in [0.1, 0.15) is 0 Å². The van der Waals surface area contributed by atoms with Crippen molar-refractivity contribution in [3.63, 3.8) is 0 Å². The predicted octanol–water partition coefficient (Wildman–Crippen LogP) is 0.618. The maximum Gasteiger partial charge on any atom is 0.411 e. The molecule has 0 heterocycles. The van der Waals surface area contributed by atoms with Crippen LogP contribution in [0.4, 0.5) is 4.79 Å². The van der Waals surface area contributed by atoms with Crippen molar-refractivity contribution in [3.8, 4) is 0 Å². The molecule has 0 aliphatic heterocycles. The second-order valence-electron chi connectivity index (χ2n) is 1.52. The number of methoxy groups -OCH3 is 1. The van der Waals surface area contributed by atoms with Gasteiger partial charge in [0, 0.05) is 23.8 Å². The number of hydrogen-bond donors (Lipinski definition) is 0. The summed E-state index contributed by atoms with van der Waals surface area (Å²) in [7, 11) is 1.14. The van der Waals surface area contributed by atoms with Gasteiger partial charge >= 0.3 is 17.4 Å². The van der Waals surface area contributed by atoms with Crippen LogP contribution in [0.3, 0.4) is 0 Å². The fourth-order valence-corrected chi connectivity index (χ4v) is 0.393. The second kappa shape index (κ2) is 5.31. The summed E-state index contributed by atoms with van der Waals surface area (Å²) in [4.78, 5) is 30.8. The normalized spacial score (nSPS) is 9.50. The van der Waals surface area contributed by atoms with E-state index in [2.05, 4.69) is 21.1 Å². The van der Waals surface area contributed by atoms with Crippen molar-refractivity contribution >= 4 is 29.0 Å². The Hall–Kier alpha value is -1.36. The van der Waals surface area contributed by atoms with E-state index in [4.69, 9.17) is 0 Å². The van der Waals surface area contributed by atoms with Crippen molar-refractivity contribution < 1.29 is 23.9 Å². The first kappa shape index (κ1) is 10.6. The molecule has 0 saturated carbocycles. The van der Waals surface area contributed by atoms with Gasteiger partial charge < -0.3 is 9.47 Å². The Morgan fingerprint density at radius 3 is 2.08 bits per heavy atom. The maximum absolute atomic E-state index is 10.5. The second-order valence-corrected chi connectivity index (χ2v) is 1.82. The molecule has 0 aliphatic rings. The average Bonchev–Trinajstić information content (AvgIpc) is 1.99. The van der Waals surface area contributed by atoms with E-state index in [0.29, 0.717) is 0 Å². The molecule has 5 nitrogen and oxygen atoms in total. The van der Waals surface area contributed by atoms with E-state index < -0.39 is 17.4 Å². The molecule has 0 amide bonds. The van der Waals surface area contributed by atoms with E-state index in [1.165, 1.54) is 0 Å². The molecule has 0 aromatic carbocycles. The zero-order chi connectivity index (χ0) is 9.56. The SMILES string of the molecule is COC(=O)C=CC(=O)OC(=O)Cl. The van der Waals surface area contributed by atoms with Gasteiger partial charge in [-0.3, -0.25) is 0 Å². The minimum atomic E-state index is -1.26. The summed E-state index contributed by atoms with van der Waals surface area (Å²) in [6.07, 6.45) is 1.54. The molecule has 66 valence electrons. The lowest BCUT2D eigenvalue weighted by Crippen LogP contribution is -2.03. The zero-order valence-corrected chi connectivity index (χ0v) is 6.83. The molecule has 0 aromatic rings. The molecule has 0 unspecified atom stereocenters. The lowest BCUT2D eigenvalue weighted by molar-refractivity contribution is -0.136. The van der Waals surface area contributed by atoms with Gasteiger partial charge in [-0.15, -0.1) is 0 Å². The van der Waals surface area contributed by atoms with E-state index >= 15 is 0 Å². The van der Waals surface area contributed by atoms with Crippen LogP contribution in [0.25, 0.3) is 0 Å². The van der Waals surface area contributed by atoms with Crippen molar-refractivity contribution in [3.05, 3.63) is 12.2 Å². The molecule has 0 aromatic heterocycles. The van der Waals surface area contributed by atoms with Crippen LogP contribution in [0.2, 0.25) is 0 Å². The van der Waals surface area contributed by atoms with E-state index in [-0.39, 0.29) is 0 Å². The van der Waals surface area contributed by atoms with Crippen molar-refractivity contribution in [2.45, 2.75) is 0 Å². The number of esters is 2. The highest BCUT2D eigenvalue weighted by atomic mass is 35.5. The molecule has 0 radical (unpaired) electrons. The number of ether oxygens (including phenoxy) is 2. The van der Waals surface area contributed by atoms with Crippen LogP contribution in [-0.4, -0.2) is 24.5 Å². The quantitative estimate of drug-likeness (QED) is 0.278. The summed E-state index contributed by atoms with van der Waals surface area (Å²) >= 11 is 4.69. The van der Waals surface area contributed by atoms with E-state index in [0.717, 1.165) is 19.3 Å². The number of carbonyl (C=O) groups excluding carboxylic acids is 3. The number of halogens is 1. The van der Waals surface area contributed by atoms with Gasteiger partial charge in [-0.1, -0.05) is 0 Å². The maximum atomic E-state index is 10.5. The summed E-state index contributed by atoms with van der Waals surface area (Å²) in [6.45, 7) is 0.